The third kappa shape index (κ3) is 2.52. The number of pyridine rings is 1. The van der Waals surface area contributed by atoms with Gasteiger partial charge in [-0.1, -0.05) is 6.07 Å². The Balaban J connectivity index is 2.35. The van der Waals surface area contributed by atoms with Crippen molar-refractivity contribution in [1.82, 2.24) is 19.1 Å². The highest BCUT2D eigenvalue weighted by atomic mass is 32.2. The Labute approximate surface area is 118 Å². The molecule has 0 unspecified atom stereocenters. The molecule has 0 saturated carbocycles. The van der Waals surface area contributed by atoms with Crippen molar-refractivity contribution in [3.05, 3.63) is 35.8 Å². The van der Waals surface area contributed by atoms with E-state index in [0.717, 1.165) is 0 Å². The van der Waals surface area contributed by atoms with E-state index in [1.165, 1.54) is 16.0 Å². The molecule has 0 aromatic carbocycles. The first-order valence-electron chi connectivity index (χ1n) is 5.99. The monoisotopic (exact) mass is 295 g/mol. The van der Waals surface area contributed by atoms with Gasteiger partial charge in [-0.25, -0.2) is 8.42 Å². The fourth-order valence-corrected chi connectivity index (χ4v) is 3.32. The molecule has 2 N–H and O–H groups in total. The number of aryl methyl sites for hydroxylation is 1. The largest absolute Gasteiger partial charge is 0.381 e. The molecule has 108 valence electrons. The van der Waals surface area contributed by atoms with E-state index in [9.17, 15) is 8.42 Å². The lowest BCUT2D eigenvalue weighted by Crippen LogP contribution is -2.27. The topological polar surface area (TPSA) is 94.1 Å². The normalized spacial score (nSPS) is 12.0. The molecule has 0 atom stereocenters. The number of aromatic nitrogens is 3. The number of hydrogen-bond acceptors (Lipinski definition) is 5. The van der Waals surface area contributed by atoms with E-state index >= 15 is 0 Å². The van der Waals surface area contributed by atoms with Crippen LogP contribution in [0.4, 0.5) is 5.82 Å². The van der Waals surface area contributed by atoms with E-state index in [1.807, 2.05) is 6.07 Å². The Morgan fingerprint density at radius 3 is 2.60 bits per heavy atom. The molecule has 0 aliphatic carbocycles. The molecule has 0 bridgehead atoms. The molecule has 2 aromatic heterocycles. The van der Waals surface area contributed by atoms with Gasteiger partial charge in [-0.2, -0.15) is 9.40 Å². The number of nitrogens with zero attached hydrogens (tertiary/aromatic N) is 4. The van der Waals surface area contributed by atoms with Crippen LogP contribution in [0.2, 0.25) is 0 Å². The van der Waals surface area contributed by atoms with Gasteiger partial charge < -0.3 is 5.73 Å². The molecule has 0 fully saturated rings. The van der Waals surface area contributed by atoms with Crippen molar-refractivity contribution in [1.29, 1.82) is 0 Å². The Morgan fingerprint density at radius 1 is 1.40 bits per heavy atom. The molecule has 7 nitrogen and oxygen atoms in total. The second kappa shape index (κ2) is 5.22. The minimum absolute atomic E-state index is 0.0119. The summed E-state index contributed by atoms with van der Waals surface area (Å²) in [5.74, 6) is 0.0119. The average molecular weight is 295 g/mol. The van der Waals surface area contributed by atoms with Gasteiger partial charge in [-0.15, -0.1) is 0 Å². The first kappa shape index (κ1) is 14.5. The van der Waals surface area contributed by atoms with Gasteiger partial charge in [-0.3, -0.25) is 9.67 Å². The van der Waals surface area contributed by atoms with E-state index in [4.69, 9.17) is 5.73 Å². The molecular weight excluding hydrogens is 278 g/mol. The van der Waals surface area contributed by atoms with Crippen LogP contribution in [-0.4, -0.2) is 34.5 Å². The van der Waals surface area contributed by atoms with Gasteiger partial charge in [0.1, 0.15) is 4.90 Å². The molecule has 2 rings (SSSR count). The molecule has 0 saturated heterocycles. The molecule has 2 heterocycles. The predicted molar refractivity (Wildman–Crippen MR) is 75.2 cm³/mol. The van der Waals surface area contributed by atoms with Crippen molar-refractivity contribution in [3.63, 3.8) is 0 Å². The quantitative estimate of drug-likeness (QED) is 0.887. The first-order valence-corrected chi connectivity index (χ1v) is 7.43. The number of sulfonamides is 1. The van der Waals surface area contributed by atoms with E-state index < -0.39 is 10.0 Å². The van der Waals surface area contributed by atoms with Gasteiger partial charge in [0.25, 0.3) is 0 Å². The van der Waals surface area contributed by atoms with E-state index in [0.29, 0.717) is 11.4 Å². The fourth-order valence-electron chi connectivity index (χ4n) is 1.89. The van der Waals surface area contributed by atoms with Crippen molar-refractivity contribution < 1.29 is 8.42 Å². The maximum absolute atomic E-state index is 12.6. The van der Waals surface area contributed by atoms with E-state index in [-0.39, 0.29) is 17.3 Å². The number of nitrogens with two attached hydrogens (primary N) is 1. The highest BCUT2D eigenvalue weighted by Crippen LogP contribution is 2.25. The highest BCUT2D eigenvalue weighted by Gasteiger charge is 2.29. The number of anilines is 1. The number of nitrogen functional groups attached to an aromatic ring is 1. The lowest BCUT2D eigenvalue weighted by molar-refractivity contribution is 0.462. The molecule has 0 aliphatic heterocycles. The van der Waals surface area contributed by atoms with Crippen LogP contribution in [0.1, 0.15) is 11.4 Å². The van der Waals surface area contributed by atoms with Gasteiger partial charge in [0.2, 0.25) is 10.0 Å². The zero-order valence-corrected chi connectivity index (χ0v) is 12.4. The Bertz CT molecular complexity index is 709. The second-order valence-corrected chi connectivity index (χ2v) is 6.49. The summed E-state index contributed by atoms with van der Waals surface area (Å²) in [6, 6.07) is 5.36. The van der Waals surface area contributed by atoms with Crippen LogP contribution in [0.3, 0.4) is 0 Å². The highest BCUT2D eigenvalue weighted by molar-refractivity contribution is 7.89. The van der Waals surface area contributed by atoms with Crippen molar-refractivity contribution in [3.8, 4) is 0 Å². The van der Waals surface area contributed by atoms with Crippen LogP contribution in [0.15, 0.2) is 29.3 Å². The zero-order valence-electron chi connectivity index (χ0n) is 11.6. The summed E-state index contributed by atoms with van der Waals surface area (Å²) in [5, 5.41) is 3.94. The second-order valence-electron chi connectivity index (χ2n) is 4.51. The smallest absolute Gasteiger partial charge is 0.248 e. The Hall–Kier alpha value is -1.93. The Morgan fingerprint density at radius 2 is 2.10 bits per heavy atom. The zero-order chi connectivity index (χ0) is 14.9. The van der Waals surface area contributed by atoms with Crippen LogP contribution >= 0.6 is 0 Å². The summed E-state index contributed by atoms with van der Waals surface area (Å²) in [4.78, 5) is 4.17. The van der Waals surface area contributed by atoms with Crippen molar-refractivity contribution >= 4 is 15.8 Å². The predicted octanol–water partition coefficient (Wildman–Crippen LogP) is 0.526. The van der Waals surface area contributed by atoms with Crippen LogP contribution in [0.5, 0.6) is 0 Å². The van der Waals surface area contributed by atoms with Gasteiger partial charge >= 0.3 is 0 Å². The lowest BCUT2D eigenvalue weighted by Gasteiger charge is -2.16. The molecule has 0 aliphatic rings. The maximum Gasteiger partial charge on any atom is 0.248 e. The third-order valence-electron chi connectivity index (χ3n) is 3.08. The molecule has 2 aromatic rings. The summed E-state index contributed by atoms with van der Waals surface area (Å²) in [6.07, 6.45) is 1.62. The minimum atomic E-state index is -3.69. The van der Waals surface area contributed by atoms with Gasteiger partial charge in [0.05, 0.1) is 17.9 Å². The van der Waals surface area contributed by atoms with E-state index in [2.05, 4.69) is 10.1 Å². The molecule has 0 amide bonds. The van der Waals surface area contributed by atoms with Gasteiger partial charge in [0, 0.05) is 20.3 Å². The fraction of sp³-hybridized carbons (Fsp3) is 0.333. The van der Waals surface area contributed by atoms with Gasteiger partial charge in [0.15, 0.2) is 5.82 Å². The standard InChI is InChI=1S/C12H17N5O2S/c1-9-11(12(13)15-17(9)3)20(18,19)16(2)8-10-6-4-5-7-14-10/h4-7H,8H2,1-3H3,(H2,13,15). The maximum atomic E-state index is 12.6. The molecule has 0 spiro atoms. The summed E-state index contributed by atoms with van der Waals surface area (Å²) in [5.41, 5.74) is 6.88. The molecule has 20 heavy (non-hydrogen) atoms. The van der Waals surface area contributed by atoms with Crippen LogP contribution < -0.4 is 5.73 Å². The van der Waals surface area contributed by atoms with Crippen LogP contribution in [0.25, 0.3) is 0 Å². The molecule has 8 heteroatoms. The summed E-state index contributed by atoms with van der Waals surface area (Å²) in [6.45, 7) is 1.85. The van der Waals surface area contributed by atoms with Crippen molar-refractivity contribution in [2.45, 2.75) is 18.4 Å². The van der Waals surface area contributed by atoms with Crippen molar-refractivity contribution in [2.75, 3.05) is 12.8 Å². The average Bonchev–Trinajstić information content (AvgIpc) is 2.64. The number of rotatable bonds is 4. The van der Waals surface area contributed by atoms with E-state index in [1.54, 1.807) is 32.3 Å². The summed E-state index contributed by atoms with van der Waals surface area (Å²) < 4.78 is 27.8. The van der Waals surface area contributed by atoms with Crippen LogP contribution in [-0.2, 0) is 23.6 Å². The molecular formula is C12H17N5O2S. The first-order chi connectivity index (χ1) is 9.34. The SMILES string of the molecule is Cc1c(S(=O)(=O)N(C)Cc2ccccn2)c(N)nn1C. The third-order valence-corrected chi connectivity index (χ3v) is 5.05. The summed E-state index contributed by atoms with van der Waals surface area (Å²) in [7, 11) is -0.541. The van der Waals surface area contributed by atoms with Crippen LogP contribution in [0, 0.1) is 6.92 Å². The summed E-state index contributed by atoms with van der Waals surface area (Å²) >= 11 is 0. The Kier molecular flexibility index (Phi) is 3.78. The van der Waals surface area contributed by atoms with Crippen molar-refractivity contribution in [2.24, 2.45) is 7.05 Å². The number of hydrogen-bond donors (Lipinski definition) is 1. The minimum Gasteiger partial charge on any atom is -0.381 e. The van der Waals surface area contributed by atoms with Gasteiger partial charge in [-0.05, 0) is 19.1 Å². The lowest BCUT2D eigenvalue weighted by atomic mass is 10.3. The molecule has 0 radical (unpaired) electrons.